The van der Waals surface area contributed by atoms with Crippen LogP contribution in [-0.2, 0) is 22.4 Å². The van der Waals surface area contributed by atoms with E-state index in [2.05, 4.69) is 9.97 Å². The summed E-state index contributed by atoms with van der Waals surface area (Å²) in [7, 11) is 0. The standard InChI is InChI=1S/C8H6N2O.Ag/c11-8-5-9-6-3-1-2-4-7(6)10-8;/h1-5H,(H,10,11);. The van der Waals surface area contributed by atoms with E-state index in [1.54, 1.807) is 0 Å². The third kappa shape index (κ3) is 1.64. The minimum atomic E-state index is -0.0382. The van der Waals surface area contributed by atoms with Crippen molar-refractivity contribution in [3.8, 4) is 5.88 Å². The van der Waals surface area contributed by atoms with Crippen molar-refractivity contribution < 1.29 is 27.5 Å². The van der Waals surface area contributed by atoms with Gasteiger partial charge in [-0.05, 0) is 12.1 Å². The molecule has 65 valence electrons. The molecule has 0 aliphatic carbocycles. The molecule has 4 heteroatoms. The molecule has 0 amide bonds. The first kappa shape index (κ1) is 9.19. The number of aromatic hydroxyl groups is 1. The molecule has 1 N–H and O–H groups in total. The summed E-state index contributed by atoms with van der Waals surface area (Å²) in [6.45, 7) is 0. The molecule has 1 radical (unpaired) electrons. The van der Waals surface area contributed by atoms with Crippen molar-refractivity contribution in [3.05, 3.63) is 30.5 Å². The predicted molar refractivity (Wildman–Crippen MR) is 41.2 cm³/mol. The summed E-state index contributed by atoms with van der Waals surface area (Å²) in [5.41, 5.74) is 1.51. The molecule has 0 atom stereocenters. The van der Waals surface area contributed by atoms with Crippen LogP contribution in [0, 0.1) is 0 Å². The van der Waals surface area contributed by atoms with Gasteiger partial charge in [-0.15, -0.1) is 0 Å². The monoisotopic (exact) mass is 253 g/mol. The van der Waals surface area contributed by atoms with E-state index in [1.165, 1.54) is 6.20 Å². The Kier molecular flexibility index (Phi) is 2.81. The van der Waals surface area contributed by atoms with Crippen molar-refractivity contribution in [2.45, 2.75) is 0 Å². The molecule has 0 aliphatic rings. The first-order valence-corrected chi connectivity index (χ1v) is 3.27. The summed E-state index contributed by atoms with van der Waals surface area (Å²) >= 11 is 0. The van der Waals surface area contributed by atoms with Crippen molar-refractivity contribution >= 4 is 11.0 Å². The van der Waals surface area contributed by atoms with Gasteiger partial charge in [0, 0.05) is 22.4 Å². The van der Waals surface area contributed by atoms with Crippen LogP contribution in [0.4, 0.5) is 0 Å². The number of aromatic nitrogens is 2. The Morgan fingerprint density at radius 1 is 1.08 bits per heavy atom. The van der Waals surface area contributed by atoms with Crippen LogP contribution < -0.4 is 0 Å². The summed E-state index contributed by atoms with van der Waals surface area (Å²) < 4.78 is 0. The molecule has 12 heavy (non-hydrogen) atoms. The summed E-state index contributed by atoms with van der Waals surface area (Å²) in [4.78, 5) is 7.84. The maximum absolute atomic E-state index is 8.96. The van der Waals surface area contributed by atoms with Gasteiger partial charge in [0.2, 0.25) is 5.88 Å². The van der Waals surface area contributed by atoms with E-state index in [4.69, 9.17) is 5.11 Å². The zero-order valence-corrected chi connectivity index (χ0v) is 7.51. The Morgan fingerprint density at radius 3 is 2.50 bits per heavy atom. The second-order valence-corrected chi connectivity index (χ2v) is 2.22. The van der Waals surface area contributed by atoms with Crippen molar-refractivity contribution in [3.63, 3.8) is 0 Å². The smallest absolute Gasteiger partial charge is 0.230 e. The summed E-state index contributed by atoms with van der Waals surface area (Å²) in [6.07, 6.45) is 1.34. The minimum Gasteiger partial charge on any atom is -0.492 e. The number of rotatable bonds is 0. The molecule has 0 unspecified atom stereocenters. The van der Waals surface area contributed by atoms with Gasteiger partial charge >= 0.3 is 0 Å². The molecule has 0 aliphatic heterocycles. The van der Waals surface area contributed by atoms with Crippen molar-refractivity contribution in [1.29, 1.82) is 0 Å². The number of fused-ring (bicyclic) bond motifs is 1. The fourth-order valence-electron chi connectivity index (χ4n) is 0.947. The van der Waals surface area contributed by atoms with E-state index < -0.39 is 0 Å². The van der Waals surface area contributed by atoms with Gasteiger partial charge in [0.1, 0.15) is 0 Å². The summed E-state index contributed by atoms with van der Waals surface area (Å²) in [5.74, 6) is -0.0382. The largest absolute Gasteiger partial charge is 0.492 e. The van der Waals surface area contributed by atoms with Gasteiger partial charge in [0.25, 0.3) is 0 Å². The van der Waals surface area contributed by atoms with Crippen LogP contribution in [0.25, 0.3) is 11.0 Å². The second-order valence-electron chi connectivity index (χ2n) is 2.22. The second kappa shape index (κ2) is 3.67. The van der Waals surface area contributed by atoms with Gasteiger partial charge in [-0.25, -0.2) is 9.97 Å². The average molecular weight is 254 g/mol. The first-order valence-electron chi connectivity index (χ1n) is 3.27. The van der Waals surface area contributed by atoms with E-state index in [0.29, 0.717) is 5.52 Å². The Hall–Kier alpha value is -0.900. The number of benzene rings is 1. The van der Waals surface area contributed by atoms with Gasteiger partial charge in [-0.3, -0.25) is 0 Å². The van der Waals surface area contributed by atoms with Crippen molar-refractivity contribution in [1.82, 2.24) is 9.97 Å². The fraction of sp³-hybridized carbons (Fsp3) is 0. The molecule has 0 saturated heterocycles. The third-order valence-electron chi connectivity index (χ3n) is 1.44. The molecule has 1 aromatic carbocycles. The molecule has 3 nitrogen and oxygen atoms in total. The molecule has 2 aromatic rings. The van der Waals surface area contributed by atoms with Crippen LogP contribution in [0.15, 0.2) is 30.5 Å². The van der Waals surface area contributed by atoms with Crippen LogP contribution in [0.5, 0.6) is 5.88 Å². The zero-order chi connectivity index (χ0) is 7.68. The van der Waals surface area contributed by atoms with Gasteiger partial charge in [-0.1, -0.05) is 12.1 Å². The summed E-state index contributed by atoms with van der Waals surface area (Å²) in [6, 6.07) is 7.40. The molecular formula is C8H6AgN2O. The zero-order valence-electron chi connectivity index (χ0n) is 6.03. The average Bonchev–Trinajstić information content (AvgIpc) is 2.04. The number of nitrogens with zero attached hydrogens (tertiary/aromatic N) is 2. The van der Waals surface area contributed by atoms with Gasteiger partial charge in [0.15, 0.2) is 0 Å². The molecule has 0 spiro atoms. The van der Waals surface area contributed by atoms with Crippen LogP contribution >= 0.6 is 0 Å². The number of hydrogen-bond acceptors (Lipinski definition) is 3. The molecule has 1 aromatic heterocycles. The SMILES string of the molecule is Oc1cnc2ccccc2n1.[Ag]. The molecule has 0 saturated carbocycles. The minimum absolute atomic E-state index is 0. The maximum Gasteiger partial charge on any atom is 0.230 e. The first-order chi connectivity index (χ1) is 5.36. The quantitative estimate of drug-likeness (QED) is 0.721. The van der Waals surface area contributed by atoms with Crippen LogP contribution in [-0.4, -0.2) is 15.1 Å². The maximum atomic E-state index is 8.96. The molecular weight excluding hydrogens is 248 g/mol. The third-order valence-corrected chi connectivity index (χ3v) is 1.44. The topological polar surface area (TPSA) is 46.0 Å². The van der Waals surface area contributed by atoms with E-state index in [9.17, 15) is 0 Å². The predicted octanol–water partition coefficient (Wildman–Crippen LogP) is 1.33. The molecule has 2 rings (SSSR count). The van der Waals surface area contributed by atoms with Crippen molar-refractivity contribution in [2.24, 2.45) is 0 Å². The number of hydrogen-bond donors (Lipinski definition) is 1. The Balaban J connectivity index is 0.000000720. The van der Waals surface area contributed by atoms with Gasteiger partial charge in [0.05, 0.1) is 17.2 Å². The Morgan fingerprint density at radius 2 is 1.75 bits per heavy atom. The van der Waals surface area contributed by atoms with Crippen LogP contribution in [0.1, 0.15) is 0 Å². The van der Waals surface area contributed by atoms with Gasteiger partial charge < -0.3 is 5.11 Å². The van der Waals surface area contributed by atoms with E-state index in [0.717, 1.165) is 5.52 Å². The molecule has 0 fully saturated rings. The van der Waals surface area contributed by atoms with Gasteiger partial charge in [-0.2, -0.15) is 0 Å². The molecule has 0 bridgehead atoms. The van der Waals surface area contributed by atoms with E-state index in [-0.39, 0.29) is 28.3 Å². The fourth-order valence-corrected chi connectivity index (χ4v) is 0.947. The Bertz CT molecular complexity index is 391. The summed E-state index contributed by atoms with van der Waals surface area (Å²) in [5, 5.41) is 8.96. The number of para-hydroxylation sites is 2. The van der Waals surface area contributed by atoms with Crippen molar-refractivity contribution in [2.75, 3.05) is 0 Å². The van der Waals surface area contributed by atoms with E-state index >= 15 is 0 Å². The van der Waals surface area contributed by atoms with Crippen LogP contribution in [0.3, 0.4) is 0 Å². The molecule has 1 heterocycles. The van der Waals surface area contributed by atoms with E-state index in [1.807, 2.05) is 24.3 Å². The Labute approximate surface area is 85.0 Å². The normalized spacial score (nSPS) is 9.33. The van der Waals surface area contributed by atoms with Crippen LogP contribution in [0.2, 0.25) is 0 Å².